The predicted octanol–water partition coefficient (Wildman–Crippen LogP) is 4.64. The van der Waals surface area contributed by atoms with E-state index in [2.05, 4.69) is 20.7 Å². The van der Waals surface area contributed by atoms with Crippen LogP contribution in [0.4, 0.5) is 13.2 Å². The summed E-state index contributed by atoms with van der Waals surface area (Å²) in [6.07, 6.45) is -4.83. The topological polar surface area (TPSA) is 26.3 Å². The van der Waals surface area contributed by atoms with Crippen LogP contribution in [0.15, 0.2) is 40.2 Å². The van der Waals surface area contributed by atoms with E-state index >= 15 is 0 Å². The molecular weight excluding hydrogens is 345 g/mol. The van der Waals surface area contributed by atoms with Gasteiger partial charge in [-0.15, -0.1) is 24.5 Å². The Kier molecular flexibility index (Phi) is 3.96. The first kappa shape index (κ1) is 14.1. The third kappa shape index (κ3) is 3.36. The highest BCUT2D eigenvalue weighted by Gasteiger charge is 2.33. The number of thiophene rings is 1. The van der Waals surface area contributed by atoms with Gasteiger partial charge in [0.05, 0.1) is 10.4 Å². The van der Waals surface area contributed by atoms with E-state index in [1.807, 2.05) is 0 Å². The van der Waals surface area contributed by atoms with E-state index in [9.17, 15) is 18.0 Å². The molecule has 0 spiro atoms. The Morgan fingerprint density at radius 1 is 1.21 bits per heavy atom. The first-order chi connectivity index (χ1) is 8.88. The van der Waals surface area contributed by atoms with Gasteiger partial charge in [0, 0.05) is 4.47 Å². The van der Waals surface area contributed by atoms with Crippen LogP contribution in [0, 0.1) is 0 Å². The lowest BCUT2D eigenvalue weighted by Gasteiger charge is -2.12. The van der Waals surface area contributed by atoms with Crippen LogP contribution >= 0.6 is 27.3 Å². The van der Waals surface area contributed by atoms with Crippen molar-refractivity contribution in [3.8, 4) is 5.75 Å². The number of hydrogen-bond donors (Lipinski definition) is 0. The first-order valence-electron chi connectivity index (χ1n) is 5.01. The quantitative estimate of drug-likeness (QED) is 0.753. The molecule has 0 unspecified atom stereocenters. The summed E-state index contributed by atoms with van der Waals surface area (Å²) in [5, 5.41) is 1.67. The molecule has 19 heavy (non-hydrogen) atoms. The summed E-state index contributed by atoms with van der Waals surface area (Å²) in [4.78, 5) is 12.5. The summed E-state index contributed by atoms with van der Waals surface area (Å²) in [5.41, 5.74) is -0.122. The van der Waals surface area contributed by atoms with E-state index in [0.29, 0.717) is 9.35 Å². The molecule has 1 aromatic carbocycles. The maximum absolute atomic E-state index is 12.3. The van der Waals surface area contributed by atoms with Crippen LogP contribution < -0.4 is 4.74 Å². The lowest BCUT2D eigenvalue weighted by molar-refractivity contribution is -0.274. The van der Waals surface area contributed by atoms with Gasteiger partial charge in [0.25, 0.3) is 0 Å². The number of benzene rings is 1. The predicted molar refractivity (Wildman–Crippen MR) is 68.6 cm³/mol. The Hall–Kier alpha value is -1.34. The van der Waals surface area contributed by atoms with Gasteiger partial charge >= 0.3 is 6.36 Å². The third-order valence-corrected chi connectivity index (χ3v) is 4.02. The summed E-state index contributed by atoms with van der Waals surface area (Å²) in [7, 11) is 0. The number of carbonyl (C=O) groups excluding carboxylic acids is 1. The van der Waals surface area contributed by atoms with E-state index in [-0.39, 0.29) is 5.56 Å². The van der Waals surface area contributed by atoms with Gasteiger partial charge < -0.3 is 4.74 Å². The van der Waals surface area contributed by atoms with Gasteiger partial charge in [-0.2, -0.15) is 0 Å². The maximum atomic E-state index is 12.3. The second-order valence-electron chi connectivity index (χ2n) is 3.47. The van der Waals surface area contributed by atoms with Crippen molar-refractivity contribution in [2.45, 2.75) is 6.36 Å². The van der Waals surface area contributed by atoms with E-state index in [4.69, 9.17) is 0 Å². The fourth-order valence-corrected chi connectivity index (χ4v) is 2.95. The fraction of sp³-hybridized carbons (Fsp3) is 0.0833. The number of rotatable bonds is 3. The smallest absolute Gasteiger partial charge is 0.405 e. The van der Waals surface area contributed by atoms with Crippen LogP contribution in [0.2, 0.25) is 0 Å². The highest BCUT2D eigenvalue weighted by Crippen LogP contribution is 2.31. The van der Waals surface area contributed by atoms with Gasteiger partial charge in [0.1, 0.15) is 5.75 Å². The second kappa shape index (κ2) is 5.34. The van der Waals surface area contributed by atoms with Crippen LogP contribution in [0.1, 0.15) is 15.2 Å². The number of halogens is 4. The number of para-hydroxylation sites is 1. The van der Waals surface area contributed by atoms with E-state index in [0.717, 1.165) is 17.4 Å². The molecule has 0 aliphatic rings. The van der Waals surface area contributed by atoms with Crippen molar-refractivity contribution in [1.82, 2.24) is 0 Å². The van der Waals surface area contributed by atoms with E-state index in [1.165, 1.54) is 18.2 Å². The summed E-state index contributed by atoms with van der Waals surface area (Å²) in [6, 6.07) is 6.93. The van der Waals surface area contributed by atoms with Crippen molar-refractivity contribution in [3.05, 3.63) is 50.6 Å². The van der Waals surface area contributed by atoms with E-state index < -0.39 is 17.9 Å². The van der Waals surface area contributed by atoms with Gasteiger partial charge in [-0.05, 0) is 39.5 Å². The summed E-state index contributed by atoms with van der Waals surface area (Å²) >= 11 is 4.32. The van der Waals surface area contributed by atoms with E-state index in [1.54, 1.807) is 11.4 Å². The Morgan fingerprint density at radius 3 is 2.47 bits per heavy atom. The lowest BCUT2D eigenvalue weighted by Crippen LogP contribution is -2.19. The molecule has 0 atom stereocenters. The maximum Gasteiger partial charge on any atom is 0.573 e. The molecule has 0 aliphatic heterocycles. The van der Waals surface area contributed by atoms with Gasteiger partial charge in [-0.1, -0.05) is 12.1 Å². The molecule has 0 bridgehead atoms. The minimum absolute atomic E-state index is 0.122. The van der Waals surface area contributed by atoms with Crippen LogP contribution in [-0.4, -0.2) is 12.1 Å². The zero-order valence-electron chi connectivity index (χ0n) is 9.20. The second-order valence-corrected chi connectivity index (χ2v) is 5.24. The fourth-order valence-electron chi connectivity index (χ4n) is 1.45. The molecule has 0 saturated heterocycles. The number of alkyl halides is 3. The molecule has 0 saturated carbocycles. The Labute approximate surface area is 118 Å². The van der Waals surface area contributed by atoms with Crippen molar-refractivity contribution < 1.29 is 22.7 Å². The molecule has 1 aromatic heterocycles. The molecule has 0 aliphatic carbocycles. The highest BCUT2D eigenvalue weighted by molar-refractivity contribution is 9.10. The van der Waals surface area contributed by atoms with Crippen molar-refractivity contribution in [3.63, 3.8) is 0 Å². The van der Waals surface area contributed by atoms with Crippen LogP contribution in [0.5, 0.6) is 5.75 Å². The summed E-state index contributed by atoms with van der Waals surface area (Å²) in [5.74, 6) is -1.01. The largest absolute Gasteiger partial charge is 0.573 e. The van der Waals surface area contributed by atoms with Crippen molar-refractivity contribution in [2.75, 3.05) is 0 Å². The van der Waals surface area contributed by atoms with Gasteiger partial charge in [0.2, 0.25) is 5.78 Å². The Morgan fingerprint density at radius 2 is 1.89 bits per heavy atom. The van der Waals surface area contributed by atoms with Crippen molar-refractivity contribution >= 4 is 33.0 Å². The number of hydrogen-bond acceptors (Lipinski definition) is 3. The standard InChI is InChI=1S/C12H6BrF3O2S/c13-8-5-6-19-11(8)10(17)7-3-1-2-4-9(7)18-12(14,15)16/h1-6H. The van der Waals surface area contributed by atoms with Crippen molar-refractivity contribution in [2.24, 2.45) is 0 Å². The van der Waals surface area contributed by atoms with Gasteiger partial charge in [-0.25, -0.2) is 0 Å². The Balaban J connectivity index is 2.40. The molecule has 0 amide bonds. The minimum atomic E-state index is -4.83. The van der Waals surface area contributed by atoms with Crippen LogP contribution in [-0.2, 0) is 0 Å². The highest BCUT2D eigenvalue weighted by atomic mass is 79.9. The molecule has 2 nitrogen and oxygen atoms in total. The summed E-state index contributed by atoms with van der Waals surface area (Å²) in [6.45, 7) is 0. The van der Waals surface area contributed by atoms with Crippen molar-refractivity contribution in [1.29, 1.82) is 0 Å². The zero-order valence-corrected chi connectivity index (χ0v) is 11.6. The minimum Gasteiger partial charge on any atom is -0.405 e. The van der Waals surface area contributed by atoms with Crippen LogP contribution in [0.3, 0.4) is 0 Å². The first-order valence-corrected chi connectivity index (χ1v) is 6.68. The molecule has 2 rings (SSSR count). The lowest BCUT2D eigenvalue weighted by atomic mass is 10.1. The molecule has 2 aromatic rings. The molecule has 0 fully saturated rings. The molecule has 0 radical (unpaired) electrons. The molecule has 7 heteroatoms. The normalized spacial score (nSPS) is 11.4. The zero-order chi connectivity index (χ0) is 14.0. The molecule has 100 valence electrons. The third-order valence-electron chi connectivity index (χ3n) is 2.18. The average molecular weight is 351 g/mol. The number of ketones is 1. The van der Waals surface area contributed by atoms with Gasteiger partial charge in [-0.3, -0.25) is 4.79 Å². The molecule has 1 heterocycles. The van der Waals surface area contributed by atoms with Crippen LogP contribution in [0.25, 0.3) is 0 Å². The molecular formula is C12H6BrF3O2S. The number of carbonyl (C=O) groups is 1. The average Bonchev–Trinajstić information content (AvgIpc) is 2.73. The molecule has 0 N–H and O–H groups in total. The van der Waals surface area contributed by atoms with Gasteiger partial charge in [0.15, 0.2) is 0 Å². The summed E-state index contributed by atoms with van der Waals surface area (Å²) < 4.78 is 41.2. The SMILES string of the molecule is O=C(c1ccccc1OC(F)(F)F)c1sccc1Br. The number of ether oxygens (including phenoxy) is 1. The monoisotopic (exact) mass is 350 g/mol. The Bertz CT molecular complexity index is 607.